The van der Waals surface area contributed by atoms with Gasteiger partial charge in [-0.2, -0.15) is 0 Å². The van der Waals surface area contributed by atoms with Crippen molar-refractivity contribution in [2.75, 3.05) is 26.9 Å². The fraction of sp³-hybridized carbons (Fsp3) is 0.462. The first kappa shape index (κ1) is 26.2. The summed E-state index contributed by atoms with van der Waals surface area (Å²) >= 11 is 0. The maximum Gasteiger partial charge on any atom is 0.247 e. The summed E-state index contributed by atoms with van der Waals surface area (Å²) in [6, 6.07) is 13.9. The smallest absolute Gasteiger partial charge is 0.247 e. The standard InChI is InChI=1S/C26H35N5O4/c1-6-26(3,4)27-25(33)24(19-12-14-20(15-13-19)35-7-2)30(16-17-34-5)23(32)18-31-22-11-9-8-10-21(22)28-29-31/h8-15,24H,6-7,16-18H2,1-5H3,(H,27,33). The summed E-state index contributed by atoms with van der Waals surface area (Å²) in [5, 5.41) is 11.4. The second-order valence-electron chi connectivity index (χ2n) is 8.95. The van der Waals surface area contributed by atoms with Crippen LogP contribution in [0.25, 0.3) is 11.0 Å². The number of benzene rings is 2. The number of hydrogen-bond acceptors (Lipinski definition) is 6. The molecule has 3 rings (SSSR count). The number of rotatable bonds is 12. The third-order valence-electron chi connectivity index (χ3n) is 5.97. The highest BCUT2D eigenvalue weighted by Gasteiger charge is 2.34. The van der Waals surface area contributed by atoms with Gasteiger partial charge in [-0.3, -0.25) is 9.59 Å². The quantitative estimate of drug-likeness (QED) is 0.426. The lowest BCUT2D eigenvalue weighted by molar-refractivity contribution is -0.142. The lowest BCUT2D eigenvalue weighted by Crippen LogP contribution is -2.51. The molecule has 0 spiro atoms. The molecule has 2 amide bonds. The maximum absolute atomic E-state index is 13.7. The van der Waals surface area contributed by atoms with Crippen LogP contribution in [-0.2, 0) is 20.9 Å². The number of nitrogens with zero attached hydrogens (tertiary/aromatic N) is 4. The van der Waals surface area contributed by atoms with Gasteiger partial charge >= 0.3 is 0 Å². The summed E-state index contributed by atoms with van der Waals surface area (Å²) in [6.45, 7) is 8.85. The van der Waals surface area contributed by atoms with Crippen LogP contribution in [0.3, 0.4) is 0 Å². The molecule has 0 aliphatic heterocycles. The number of aromatic nitrogens is 3. The molecule has 0 fully saturated rings. The van der Waals surface area contributed by atoms with E-state index in [0.717, 1.165) is 11.9 Å². The van der Waals surface area contributed by atoms with Crippen molar-refractivity contribution in [1.29, 1.82) is 0 Å². The van der Waals surface area contributed by atoms with Gasteiger partial charge in [-0.05, 0) is 57.0 Å². The minimum atomic E-state index is -0.853. The molecule has 1 heterocycles. The predicted molar refractivity (Wildman–Crippen MR) is 134 cm³/mol. The van der Waals surface area contributed by atoms with Crippen LogP contribution >= 0.6 is 0 Å². The number of methoxy groups -OCH3 is 1. The maximum atomic E-state index is 13.7. The lowest BCUT2D eigenvalue weighted by atomic mass is 9.98. The number of carbonyl (C=O) groups excluding carboxylic acids is 2. The van der Waals surface area contributed by atoms with Gasteiger partial charge in [0.25, 0.3) is 0 Å². The first-order valence-electron chi connectivity index (χ1n) is 11.9. The summed E-state index contributed by atoms with van der Waals surface area (Å²) in [5.41, 5.74) is 1.71. The number of fused-ring (bicyclic) bond motifs is 1. The number of carbonyl (C=O) groups is 2. The molecule has 0 saturated heterocycles. The van der Waals surface area contributed by atoms with Gasteiger partial charge in [0.05, 0.1) is 18.7 Å². The Morgan fingerprint density at radius 3 is 2.49 bits per heavy atom. The van der Waals surface area contributed by atoms with E-state index >= 15 is 0 Å². The van der Waals surface area contributed by atoms with Crippen LogP contribution in [0.15, 0.2) is 48.5 Å². The van der Waals surface area contributed by atoms with Gasteiger partial charge in [0.15, 0.2) is 0 Å². The van der Waals surface area contributed by atoms with Crippen LogP contribution in [0.4, 0.5) is 0 Å². The van der Waals surface area contributed by atoms with Crippen LogP contribution in [-0.4, -0.2) is 64.1 Å². The third kappa shape index (κ3) is 6.57. The number of hydrogen-bond donors (Lipinski definition) is 1. The molecule has 9 nitrogen and oxygen atoms in total. The topological polar surface area (TPSA) is 98.6 Å². The Hall–Kier alpha value is -3.46. The highest BCUT2D eigenvalue weighted by molar-refractivity contribution is 5.89. The summed E-state index contributed by atoms with van der Waals surface area (Å²) in [4.78, 5) is 28.9. The van der Waals surface area contributed by atoms with Crippen molar-refractivity contribution in [1.82, 2.24) is 25.2 Å². The Morgan fingerprint density at radius 2 is 1.83 bits per heavy atom. The number of para-hydroxylation sites is 1. The molecule has 0 radical (unpaired) electrons. The second kappa shape index (κ2) is 11.8. The molecule has 1 aromatic heterocycles. The molecule has 2 aromatic carbocycles. The predicted octanol–water partition coefficient (Wildman–Crippen LogP) is 3.35. The van der Waals surface area contributed by atoms with Gasteiger partial charge in [-0.1, -0.05) is 36.4 Å². The Bertz CT molecular complexity index is 1130. The molecule has 1 atom stereocenters. The molecule has 188 valence electrons. The van der Waals surface area contributed by atoms with Crippen LogP contribution in [0.2, 0.25) is 0 Å². The van der Waals surface area contributed by atoms with E-state index in [1.54, 1.807) is 16.7 Å². The van der Waals surface area contributed by atoms with Gasteiger partial charge < -0.3 is 19.7 Å². The monoisotopic (exact) mass is 481 g/mol. The zero-order valence-electron chi connectivity index (χ0n) is 21.2. The van der Waals surface area contributed by atoms with E-state index in [-0.39, 0.29) is 31.5 Å². The first-order chi connectivity index (χ1) is 16.8. The average molecular weight is 482 g/mol. The van der Waals surface area contributed by atoms with Crippen molar-refractivity contribution in [2.45, 2.75) is 52.2 Å². The molecular formula is C26H35N5O4. The van der Waals surface area contributed by atoms with E-state index in [2.05, 4.69) is 15.6 Å². The van der Waals surface area contributed by atoms with Crippen molar-refractivity contribution >= 4 is 22.8 Å². The van der Waals surface area contributed by atoms with Crippen molar-refractivity contribution in [3.05, 3.63) is 54.1 Å². The van der Waals surface area contributed by atoms with Crippen LogP contribution in [0.5, 0.6) is 5.75 Å². The van der Waals surface area contributed by atoms with Crippen molar-refractivity contribution < 1.29 is 19.1 Å². The summed E-state index contributed by atoms with van der Waals surface area (Å²) in [5.74, 6) is 0.183. The highest BCUT2D eigenvalue weighted by Crippen LogP contribution is 2.26. The molecule has 0 saturated carbocycles. The van der Waals surface area contributed by atoms with E-state index in [4.69, 9.17) is 9.47 Å². The van der Waals surface area contributed by atoms with Gasteiger partial charge in [0.1, 0.15) is 23.9 Å². The third-order valence-corrected chi connectivity index (χ3v) is 5.97. The zero-order valence-corrected chi connectivity index (χ0v) is 21.2. The first-order valence-corrected chi connectivity index (χ1v) is 11.9. The van der Waals surface area contributed by atoms with Gasteiger partial charge in [0.2, 0.25) is 11.8 Å². The normalized spacial score (nSPS) is 12.4. The van der Waals surface area contributed by atoms with Crippen LogP contribution < -0.4 is 10.1 Å². The number of ether oxygens (including phenoxy) is 2. The Balaban J connectivity index is 1.98. The molecule has 0 bridgehead atoms. The zero-order chi connectivity index (χ0) is 25.4. The molecular weight excluding hydrogens is 446 g/mol. The molecule has 0 aliphatic carbocycles. The fourth-order valence-corrected chi connectivity index (χ4v) is 3.72. The van der Waals surface area contributed by atoms with E-state index in [1.165, 1.54) is 0 Å². The Kier molecular flexibility index (Phi) is 8.81. The van der Waals surface area contributed by atoms with E-state index in [0.29, 0.717) is 23.4 Å². The average Bonchev–Trinajstić information content (AvgIpc) is 3.25. The summed E-state index contributed by atoms with van der Waals surface area (Å²) < 4.78 is 12.4. The van der Waals surface area contributed by atoms with E-state index < -0.39 is 11.6 Å². The van der Waals surface area contributed by atoms with Gasteiger partial charge in [-0.15, -0.1) is 5.10 Å². The van der Waals surface area contributed by atoms with Crippen LogP contribution in [0, 0.1) is 0 Å². The van der Waals surface area contributed by atoms with Crippen molar-refractivity contribution in [2.24, 2.45) is 0 Å². The minimum Gasteiger partial charge on any atom is -0.494 e. The summed E-state index contributed by atoms with van der Waals surface area (Å²) in [6.07, 6.45) is 0.742. The van der Waals surface area contributed by atoms with Crippen molar-refractivity contribution in [3.8, 4) is 5.75 Å². The molecule has 1 unspecified atom stereocenters. The van der Waals surface area contributed by atoms with Gasteiger partial charge in [0, 0.05) is 19.2 Å². The number of nitrogens with one attached hydrogen (secondary N) is 1. The van der Waals surface area contributed by atoms with E-state index in [9.17, 15) is 9.59 Å². The SMILES string of the molecule is CCOc1ccc(C(C(=O)NC(C)(C)CC)N(CCOC)C(=O)Cn2nnc3ccccc32)cc1. The fourth-order valence-electron chi connectivity index (χ4n) is 3.72. The largest absolute Gasteiger partial charge is 0.494 e. The minimum absolute atomic E-state index is 0.0534. The lowest BCUT2D eigenvalue weighted by Gasteiger charge is -2.34. The Morgan fingerprint density at radius 1 is 1.11 bits per heavy atom. The van der Waals surface area contributed by atoms with Gasteiger partial charge in [-0.25, -0.2) is 4.68 Å². The molecule has 9 heteroatoms. The molecule has 1 N–H and O–H groups in total. The van der Waals surface area contributed by atoms with Crippen LogP contribution in [0.1, 0.15) is 45.7 Å². The second-order valence-corrected chi connectivity index (χ2v) is 8.95. The molecule has 35 heavy (non-hydrogen) atoms. The highest BCUT2D eigenvalue weighted by atomic mass is 16.5. The number of amides is 2. The van der Waals surface area contributed by atoms with Crippen molar-refractivity contribution in [3.63, 3.8) is 0 Å². The molecule has 3 aromatic rings. The summed E-state index contributed by atoms with van der Waals surface area (Å²) in [7, 11) is 1.57. The Labute approximate surface area is 206 Å². The molecule has 0 aliphatic rings. The van der Waals surface area contributed by atoms with E-state index in [1.807, 2.05) is 76.2 Å².